The molecular formula is C12H11FN4OS. The van der Waals surface area contributed by atoms with E-state index >= 15 is 0 Å². The molecule has 0 amide bonds. The van der Waals surface area contributed by atoms with Gasteiger partial charge in [0.1, 0.15) is 11.5 Å². The van der Waals surface area contributed by atoms with E-state index in [1.807, 2.05) is 16.0 Å². The quantitative estimate of drug-likeness (QED) is 0.745. The second-order valence-electron chi connectivity index (χ2n) is 3.82. The molecule has 0 aliphatic carbocycles. The molecule has 0 spiro atoms. The zero-order chi connectivity index (χ0) is 13.2. The highest BCUT2D eigenvalue weighted by Gasteiger charge is 2.13. The number of rotatable bonds is 4. The Balaban J connectivity index is 1.86. The van der Waals surface area contributed by atoms with Gasteiger partial charge in [0.15, 0.2) is 4.96 Å². The van der Waals surface area contributed by atoms with Gasteiger partial charge in [0.05, 0.1) is 13.7 Å². The van der Waals surface area contributed by atoms with Gasteiger partial charge in [-0.05, 0) is 12.1 Å². The van der Waals surface area contributed by atoms with Crippen molar-refractivity contribution in [1.29, 1.82) is 0 Å². The van der Waals surface area contributed by atoms with Gasteiger partial charge in [-0.3, -0.25) is 4.40 Å². The number of methoxy groups -OCH3 is 1. The van der Waals surface area contributed by atoms with Crippen molar-refractivity contribution in [3.05, 3.63) is 41.4 Å². The number of fused-ring (bicyclic) bond motifs is 1. The summed E-state index contributed by atoms with van der Waals surface area (Å²) in [6, 6.07) is 4.63. The van der Waals surface area contributed by atoms with E-state index in [4.69, 9.17) is 4.74 Å². The first-order valence-corrected chi connectivity index (χ1v) is 6.51. The van der Waals surface area contributed by atoms with Crippen molar-refractivity contribution in [2.75, 3.05) is 12.4 Å². The Hall–Kier alpha value is -2.15. The van der Waals surface area contributed by atoms with Crippen LogP contribution in [0, 0.1) is 5.95 Å². The summed E-state index contributed by atoms with van der Waals surface area (Å²) in [5, 5.41) is 5.01. The van der Waals surface area contributed by atoms with Crippen LogP contribution in [0.3, 0.4) is 0 Å². The lowest BCUT2D eigenvalue weighted by molar-refractivity contribution is 0.395. The Morgan fingerprint density at radius 1 is 1.42 bits per heavy atom. The van der Waals surface area contributed by atoms with E-state index in [9.17, 15) is 4.39 Å². The van der Waals surface area contributed by atoms with Crippen molar-refractivity contribution < 1.29 is 9.13 Å². The van der Waals surface area contributed by atoms with E-state index in [1.54, 1.807) is 19.2 Å². The fourth-order valence-electron chi connectivity index (χ4n) is 1.82. The predicted molar refractivity (Wildman–Crippen MR) is 71.1 cm³/mol. The molecule has 3 rings (SSSR count). The normalized spacial score (nSPS) is 10.8. The SMILES string of the molecule is COc1nc2sccn2c1CNc1cccc(F)n1. The van der Waals surface area contributed by atoms with Crippen LogP contribution in [0.15, 0.2) is 29.8 Å². The van der Waals surface area contributed by atoms with Crippen LogP contribution in [0.4, 0.5) is 10.2 Å². The highest BCUT2D eigenvalue weighted by molar-refractivity contribution is 7.15. The van der Waals surface area contributed by atoms with Crippen LogP contribution in [-0.4, -0.2) is 21.5 Å². The largest absolute Gasteiger partial charge is 0.480 e. The first kappa shape index (κ1) is 11.9. The van der Waals surface area contributed by atoms with Crippen molar-refractivity contribution in [2.24, 2.45) is 0 Å². The summed E-state index contributed by atoms with van der Waals surface area (Å²) in [4.78, 5) is 8.96. The Kier molecular flexibility index (Phi) is 3.04. The average Bonchev–Trinajstić information content (AvgIpc) is 2.96. The lowest BCUT2D eigenvalue weighted by atomic mass is 10.4. The van der Waals surface area contributed by atoms with Gasteiger partial charge in [-0.2, -0.15) is 9.37 Å². The highest BCUT2D eigenvalue weighted by Crippen LogP contribution is 2.23. The standard InChI is InChI=1S/C12H11FN4OS/c1-18-11-8(17-5-6-19-12(17)16-11)7-14-10-4-2-3-9(13)15-10/h2-6H,7H2,1H3,(H,14,15). The molecule has 7 heteroatoms. The van der Waals surface area contributed by atoms with Gasteiger partial charge in [-0.1, -0.05) is 6.07 Å². The van der Waals surface area contributed by atoms with Crippen LogP contribution in [0.1, 0.15) is 5.69 Å². The van der Waals surface area contributed by atoms with Crippen LogP contribution < -0.4 is 10.1 Å². The van der Waals surface area contributed by atoms with Gasteiger partial charge in [0.25, 0.3) is 0 Å². The fourth-order valence-corrected chi connectivity index (χ4v) is 2.54. The third-order valence-corrected chi connectivity index (χ3v) is 3.43. The van der Waals surface area contributed by atoms with E-state index in [1.165, 1.54) is 17.4 Å². The molecule has 5 nitrogen and oxygen atoms in total. The van der Waals surface area contributed by atoms with E-state index in [2.05, 4.69) is 15.3 Å². The van der Waals surface area contributed by atoms with Crippen molar-refractivity contribution >= 4 is 22.1 Å². The molecule has 0 bridgehead atoms. The van der Waals surface area contributed by atoms with E-state index in [0.29, 0.717) is 18.2 Å². The van der Waals surface area contributed by atoms with Gasteiger partial charge in [-0.15, -0.1) is 11.3 Å². The van der Waals surface area contributed by atoms with Crippen molar-refractivity contribution in [2.45, 2.75) is 6.54 Å². The second kappa shape index (κ2) is 4.85. The highest BCUT2D eigenvalue weighted by atomic mass is 32.1. The summed E-state index contributed by atoms with van der Waals surface area (Å²) < 4.78 is 20.2. The smallest absolute Gasteiger partial charge is 0.238 e. The van der Waals surface area contributed by atoms with Gasteiger partial charge < -0.3 is 10.1 Å². The molecule has 0 unspecified atom stereocenters. The Bertz CT molecular complexity index is 709. The Morgan fingerprint density at radius 2 is 2.32 bits per heavy atom. The molecule has 3 aromatic heterocycles. The maximum Gasteiger partial charge on any atom is 0.238 e. The summed E-state index contributed by atoms with van der Waals surface area (Å²) in [5.74, 6) is 0.536. The molecule has 0 saturated heterocycles. The summed E-state index contributed by atoms with van der Waals surface area (Å²) in [7, 11) is 1.58. The number of anilines is 1. The molecule has 0 aromatic carbocycles. The third-order valence-electron chi connectivity index (χ3n) is 2.67. The van der Waals surface area contributed by atoms with Crippen LogP contribution in [-0.2, 0) is 6.54 Å². The topological polar surface area (TPSA) is 51.5 Å². The van der Waals surface area contributed by atoms with Gasteiger partial charge in [0.2, 0.25) is 11.8 Å². The minimum absolute atomic E-state index is 0.456. The number of pyridine rings is 1. The maximum atomic E-state index is 13.0. The summed E-state index contributed by atoms with van der Waals surface area (Å²) >= 11 is 1.53. The Morgan fingerprint density at radius 3 is 3.11 bits per heavy atom. The Labute approximate surface area is 112 Å². The summed E-state index contributed by atoms with van der Waals surface area (Å²) in [6.07, 6.45) is 1.92. The lowest BCUT2D eigenvalue weighted by Gasteiger charge is -2.06. The zero-order valence-electron chi connectivity index (χ0n) is 10.1. The molecule has 0 aliphatic heterocycles. The first-order valence-electron chi connectivity index (χ1n) is 5.63. The molecule has 3 heterocycles. The number of thiazole rings is 1. The number of hydrogen-bond acceptors (Lipinski definition) is 5. The van der Waals surface area contributed by atoms with Crippen LogP contribution in [0.5, 0.6) is 5.88 Å². The molecule has 0 saturated carbocycles. The molecule has 19 heavy (non-hydrogen) atoms. The summed E-state index contributed by atoms with van der Waals surface area (Å²) in [5.41, 5.74) is 0.879. The van der Waals surface area contributed by atoms with Crippen molar-refractivity contribution in [1.82, 2.24) is 14.4 Å². The minimum atomic E-state index is -0.508. The molecule has 0 radical (unpaired) electrons. The molecule has 98 valence electrons. The predicted octanol–water partition coefficient (Wildman–Crippen LogP) is 2.55. The van der Waals surface area contributed by atoms with Gasteiger partial charge in [-0.25, -0.2) is 4.98 Å². The number of hydrogen-bond donors (Lipinski definition) is 1. The number of aromatic nitrogens is 3. The average molecular weight is 278 g/mol. The number of ether oxygens (including phenoxy) is 1. The minimum Gasteiger partial charge on any atom is -0.480 e. The number of imidazole rings is 1. The maximum absolute atomic E-state index is 13.0. The second-order valence-corrected chi connectivity index (χ2v) is 4.70. The molecule has 0 fully saturated rings. The number of halogens is 1. The molecular weight excluding hydrogens is 267 g/mol. The molecule has 0 atom stereocenters. The van der Waals surface area contributed by atoms with E-state index in [-0.39, 0.29) is 0 Å². The van der Waals surface area contributed by atoms with Gasteiger partial charge in [0, 0.05) is 11.6 Å². The van der Waals surface area contributed by atoms with E-state index < -0.39 is 5.95 Å². The van der Waals surface area contributed by atoms with Crippen LogP contribution >= 0.6 is 11.3 Å². The molecule has 0 aliphatic rings. The summed E-state index contributed by atoms with van der Waals surface area (Å²) in [6.45, 7) is 0.456. The third kappa shape index (κ3) is 2.24. The number of nitrogens with zero attached hydrogens (tertiary/aromatic N) is 3. The van der Waals surface area contributed by atoms with Crippen LogP contribution in [0.2, 0.25) is 0 Å². The van der Waals surface area contributed by atoms with E-state index in [0.717, 1.165) is 10.7 Å². The zero-order valence-corrected chi connectivity index (χ0v) is 10.9. The monoisotopic (exact) mass is 278 g/mol. The number of nitrogens with one attached hydrogen (secondary N) is 1. The lowest BCUT2D eigenvalue weighted by Crippen LogP contribution is -2.05. The fraction of sp³-hybridized carbons (Fsp3) is 0.167. The molecule has 1 N–H and O–H groups in total. The van der Waals surface area contributed by atoms with Gasteiger partial charge >= 0.3 is 0 Å². The van der Waals surface area contributed by atoms with Crippen molar-refractivity contribution in [3.63, 3.8) is 0 Å². The first-order chi connectivity index (χ1) is 9.28. The van der Waals surface area contributed by atoms with Crippen molar-refractivity contribution in [3.8, 4) is 5.88 Å². The molecule has 3 aromatic rings. The van der Waals surface area contributed by atoms with Crippen LogP contribution in [0.25, 0.3) is 4.96 Å².